The lowest BCUT2D eigenvalue weighted by atomic mass is 10.2. The maximum absolute atomic E-state index is 11.0. The number of hydrogen-bond acceptors (Lipinski definition) is 4. The van der Waals surface area contributed by atoms with Crippen molar-refractivity contribution in [2.75, 3.05) is 5.75 Å². The van der Waals surface area contributed by atoms with Crippen LogP contribution in [0.5, 0.6) is 0 Å². The third-order valence-corrected chi connectivity index (χ3v) is 1.30. The monoisotopic (exact) mass is 177 g/mol. The summed E-state index contributed by atoms with van der Waals surface area (Å²) in [6.07, 6.45) is 0. The fourth-order valence-corrected chi connectivity index (χ4v) is 0.601. The summed E-state index contributed by atoms with van der Waals surface area (Å²) in [6, 6.07) is -0.613. The van der Waals surface area contributed by atoms with Gasteiger partial charge in [-0.25, -0.2) is 0 Å². The van der Waals surface area contributed by atoms with Gasteiger partial charge in [0.1, 0.15) is 11.6 Å². The Morgan fingerprint density at radius 2 is 2.09 bits per heavy atom. The van der Waals surface area contributed by atoms with Gasteiger partial charge in [0.2, 0.25) is 0 Å². The highest BCUT2D eigenvalue weighted by Crippen LogP contribution is 2.07. The molecule has 66 valence electrons. The number of hydrogen-bond donors (Lipinski definition) is 2. The van der Waals surface area contributed by atoms with Gasteiger partial charge in [-0.3, -0.25) is 4.79 Å². The van der Waals surface area contributed by atoms with Gasteiger partial charge in [-0.05, 0) is 20.8 Å². The van der Waals surface area contributed by atoms with E-state index in [-0.39, 0.29) is 0 Å². The van der Waals surface area contributed by atoms with Gasteiger partial charge in [0, 0.05) is 5.75 Å². The summed E-state index contributed by atoms with van der Waals surface area (Å²) in [6.45, 7) is 5.41. The van der Waals surface area contributed by atoms with E-state index in [2.05, 4.69) is 12.6 Å². The highest BCUT2D eigenvalue weighted by molar-refractivity contribution is 7.80. The highest BCUT2D eigenvalue weighted by Gasteiger charge is 2.20. The number of esters is 1. The van der Waals surface area contributed by atoms with E-state index >= 15 is 0 Å². The Morgan fingerprint density at radius 3 is 2.36 bits per heavy atom. The van der Waals surface area contributed by atoms with Crippen LogP contribution in [0.25, 0.3) is 0 Å². The Morgan fingerprint density at radius 1 is 1.64 bits per heavy atom. The number of nitrogens with two attached hydrogens (primary N) is 1. The van der Waals surface area contributed by atoms with E-state index in [0.29, 0.717) is 5.75 Å². The molecule has 0 rings (SSSR count). The molecule has 0 radical (unpaired) electrons. The van der Waals surface area contributed by atoms with Crippen molar-refractivity contribution in [2.45, 2.75) is 32.4 Å². The van der Waals surface area contributed by atoms with Crippen molar-refractivity contribution < 1.29 is 9.53 Å². The van der Waals surface area contributed by atoms with Crippen LogP contribution in [0.3, 0.4) is 0 Å². The molecule has 1 unspecified atom stereocenters. The standard InChI is InChI=1S/C7H15NO2S/c1-7(2,3)10-6(9)5(8)4-11/h5,11H,4,8H2,1-3H3. The molecule has 0 aliphatic heterocycles. The van der Waals surface area contributed by atoms with Crippen molar-refractivity contribution in [1.29, 1.82) is 0 Å². The van der Waals surface area contributed by atoms with Gasteiger partial charge < -0.3 is 10.5 Å². The Kier molecular flexibility index (Phi) is 3.89. The van der Waals surface area contributed by atoms with Crippen LogP contribution in [0, 0.1) is 0 Å². The van der Waals surface area contributed by atoms with Gasteiger partial charge in [0.15, 0.2) is 0 Å². The number of ether oxygens (including phenoxy) is 1. The fraction of sp³-hybridized carbons (Fsp3) is 0.857. The number of rotatable bonds is 2. The molecule has 0 bridgehead atoms. The Hall–Kier alpha value is -0.220. The molecule has 1 atom stereocenters. The lowest BCUT2D eigenvalue weighted by molar-refractivity contribution is -0.155. The van der Waals surface area contributed by atoms with Crippen molar-refractivity contribution in [2.24, 2.45) is 5.73 Å². The molecule has 0 aromatic heterocycles. The van der Waals surface area contributed by atoms with E-state index in [1.165, 1.54) is 0 Å². The molecule has 0 amide bonds. The van der Waals surface area contributed by atoms with Gasteiger partial charge in [0.05, 0.1) is 0 Å². The second-order valence-electron chi connectivity index (χ2n) is 3.32. The SMILES string of the molecule is CC(C)(C)OC(=O)C(N)CS. The molecule has 0 fully saturated rings. The largest absolute Gasteiger partial charge is 0.459 e. The molecular weight excluding hydrogens is 162 g/mol. The molecule has 0 heterocycles. The van der Waals surface area contributed by atoms with Crippen LogP contribution < -0.4 is 5.73 Å². The normalized spacial score (nSPS) is 14.3. The average molecular weight is 177 g/mol. The van der Waals surface area contributed by atoms with E-state index in [4.69, 9.17) is 10.5 Å². The van der Waals surface area contributed by atoms with Crippen LogP contribution in [-0.4, -0.2) is 23.4 Å². The van der Waals surface area contributed by atoms with Crippen LogP contribution in [0.1, 0.15) is 20.8 Å². The van der Waals surface area contributed by atoms with Crippen molar-refractivity contribution in [3.05, 3.63) is 0 Å². The van der Waals surface area contributed by atoms with Gasteiger partial charge in [0.25, 0.3) is 0 Å². The number of carbonyl (C=O) groups excluding carboxylic acids is 1. The molecule has 11 heavy (non-hydrogen) atoms. The maximum Gasteiger partial charge on any atom is 0.324 e. The van der Waals surface area contributed by atoms with Gasteiger partial charge in [-0.2, -0.15) is 12.6 Å². The third-order valence-electron chi connectivity index (χ3n) is 0.906. The summed E-state index contributed by atoms with van der Waals surface area (Å²) in [4.78, 5) is 11.0. The van der Waals surface area contributed by atoms with Crippen LogP contribution in [0.15, 0.2) is 0 Å². The Bertz CT molecular complexity index is 142. The minimum atomic E-state index is -0.613. The first-order valence-electron chi connectivity index (χ1n) is 3.46. The third kappa shape index (κ3) is 5.09. The first-order chi connectivity index (χ1) is 4.87. The predicted molar refractivity (Wildman–Crippen MR) is 47.7 cm³/mol. The lowest BCUT2D eigenvalue weighted by Gasteiger charge is -2.21. The molecule has 3 nitrogen and oxygen atoms in total. The van der Waals surface area contributed by atoms with Crippen molar-refractivity contribution >= 4 is 18.6 Å². The molecule has 0 saturated heterocycles. The number of thiol groups is 1. The second kappa shape index (κ2) is 3.97. The van der Waals surface area contributed by atoms with Gasteiger partial charge in [-0.1, -0.05) is 0 Å². The molecule has 0 aliphatic carbocycles. The van der Waals surface area contributed by atoms with Crippen LogP contribution >= 0.6 is 12.6 Å². The zero-order valence-corrected chi connectivity index (χ0v) is 8.02. The molecule has 0 aromatic carbocycles. The molecule has 2 N–H and O–H groups in total. The molecule has 0 aromatic rings. The van der Waals surface area contributed by atoms with E-state index < -0.39 is 17.6 Å². The highest BCUT2D eigenvalue weighted by atomic mass is 32.1. The molecule has 0 spiro atoms. The first-order valence-corrected chi connectivity index (χ1v) is 4.09. The van der Waals surface area contributed by atoms with Crippen LogP contribution in [-0.2, 0) is 9.53 Å². The molecule has 4 heteroatoms. The lowest BCUT2D eigenvalue weighted by Crippen LogP contribution is -2.38. The Balaban J connectivity index is 3.88. The van der Waals surface area contributed by atoms with Crippen molar-refractivity contribution in [1.82, 2.24) is 0 Å². The molecule has 0 aliphatic rings. The predicted octanol–water partition coefficient (Wildman–Crippen LogP) is 0.585. The topological polar surface area (TPSA) is 52.3 Å². The first kappa shape index (κ1) is 10.8. The average Bonchev–Trinajstić information content (AvgIpc) is 1.82. The second-order valence-corrected chi connectivity index (χ2v) is 3.69. The van der Waals surface area contributed by atoms with Gasteiger partial charge in [-0.15, -0.1) is 0 Å². The zero-order valence-electron chi connectivity index (χ0n) is 7.13. The van der Waals surface area contributed by atoms with Crippen LogP contribution in [0.4, 0.5) is 0 Å². The van der Waals surface area contributed by atoms with E-state index in [1.54, 1.807) is 20.8 Å². The summed E-state index contributed by atoms with van der Waals surface area (Å²) >= 11 is 3.88. The minimum absolute atomic E-state index is 0.314. The van der Waals surface area contributed by atoms with Gasteiger partial charge >= 0.3 is 5.97 Å². The maximum atomic E-state index is 11.0. The van der Waals surface area contributed by atoms with Crippen molar-refractivity contribution in [3.8, 4) is 0 Å². The zero-order chi connectivity index (χ0) is 9.07. The summed E-state index contributed by atoms with van der Waals surface area (Å²) in [5, 5.41) is 0. The summed E-state index contributed by atoms with van der Waals surface area (Å²) < 4.78 is 4.98. The fourth-order valence-electron chi connectivity index (χ4n) is 0.452. The quantitative estimate of drug-likeness (QED) is 0.479. The summed E-state index contributed by atoms with van der Waals surface area (Å²) in [5.41, 5.74) is 4.91. The summed E-state index contributed by atoms with van der Waals surface area (Å²) in [5.74, 6) is -0.0814. The van der Waals surface area contributed by atoms with Crippen molar-refractivity contribution in [3.63, 3.8) is 0 Å². The summed E-state index contributed by atoms with van der Waals surface area (Å²) in [7, 11) is 0. The smallest absolute Gasteiger partial charge is 0.324 e. The minimum Gasteiger partial charge on any atom is -0.459 e. The molecule has 0 saturated carbocycles. The van der Waals surface area contributed by atoms with E-state index in [0.717, 1.165) is 0 Å². The van der Waals surface area contributed by atoms with E-state index in [1.807, 2.05) is 0 Å². The number of carbonyl (C=O) groups is 1. The van der Waals surface area contributed by atoms with E-state index in [9.17, 15) is 4.79 Å². The Labute approximate surface area is 72.7 Å². The molecular formula is C7H15NO2S. The van der Waals surface area contributed by atoms with Crippen LogP contribution in [0.2, 0.25) is 0 Å².